The molecule has 0 unspecified atom stereocenters. The summed E-state index contributed by atoms with van der Waals surface area (Å²) in [6.45, 7) is 9.39. The van der Waals surface area contributed by atoms with Crippen LogP contribution in [0.4, 0.5) is 0 Å². The molecule has 0 fully saturated rings. The molecule has 0 saturated heterocycles. The van der Waals surface area contributed by atoms with E-state index in [-0.39, 0.29) is 6.61 Å². The van der Waals surface area contributed by atoms with Gasteiger partial charge in [0.15, 0.2) is 0 Å². The molecular formula is C28H36N2O2. The third-order valence-corrected chi connectivity index (χ3v) is 6.13. The second kappa shape index (κ2) is 9.50. The summed E-state index contributed by atoms with van der Waals surface area (Å²) < 4.78 is 8.36. The molecule has 0 radical (unpaired) electrons. The Morgan fingerprint density at radius 2 is 1.81 bits per heavy atom. The number of benzene rings is 2. The molecule has 2 aromatic carbocycles. The summed E-state index contributed by atoms with van der Waals surface area (Å²) in [7, 11) is 0. The molecule has 1 N–H and O–H groups in total. The molecule has 0 saturated carbocycles. The third-order valence-electron chi connectivity index (χ3n) is 6.13. The van der Waals surface area contributed by atoms with E-state index in [1.54, 1.807) is 0 Å². The number of aromatic nitrogens is 2. The van der Waals surface area contributed by atoms with Crippen molar-refractivity contribution in [2.45, 2.75) is 71.9 Å². The maximum absolute atomic E-state index is 9.41. The Kier molecular flexibility index (Phi) is 6.71. The van der Waals surface area contributed by atoms with Crippen LogP contribution in [0, 0.1) is 5.92 Å². The van der Waals surface area contributed by atoms with Gasteiger partial charge in [0.05, 0.1) is 23.4 Å². The summed E-state index contributed by atoms with van der Waals surface area (Å²) in [5.41, 5.74) is 3.31. The summed E-state index contributed by atoms with van der Waals surface area (Å²) in [5.74, 6) is 2.74. The molecule has 0 spiro atoms. The van der Waals surface area contributed by atoms with Gasteiger partial charge in [-0.1, -0.05) is 49.8 Å². The minimum atomic E-state index is -0.516. The number of hydrogen-bond donors (Lipinski definition) is 1. The molecule has 0 aliphatic heterocycles. The highest BCUT2D eigenvalue weighted by molar-refractivity contribution is 5.95. The Morgan fingerprint density at radius 3 is 2.47 bits per heavy atom. The summed E-state index contributed by atoms with van der Waals surface area (Å²) in [6, 6.07) is 13.1. The van der Waals surface area contributed by atoms with E-state index in [2.05, 4.69) is 67.0 Å². The van der Waals surface area contributed by atoms with Crippen LogP contribution in [0.2, 0.25) is 0 Å². The smallest absolute Gasteiger partial charge is 0.126 e. The Balaban J connectivity index is 1.48. The molecule has 170 valence electrons. The van der Waals surface area contributed by atoms with Crippen LogP contribution in [0.5, 0.6) is 0 Å². The third kappa shape index (κ3) is 5.24. The zero-order chi connectivity index (χ0) is 22.7. The van der Waals surface area contributed by atoms with Gasteiger partial charge in [0.1, 0.15) is 11.4 Å². The minimum Gasteiger partial charge on any atom is -0.490 e. The Labute approximate surface area is 191 Å². The topological polar surface area (TPSA) is 47.3 Å². The number of aliphatic hydroxyl groups excluding tert-OH is 1. The van der Waals surface area contributed by atoms with Crippen LogP contribution >= 0.6 is 0 Å². The summed E-state index contributed by atoms with van der Waals surface area (Å²) in [5, 5.41) is 11.9. The second-order valence-electron chi connectivity index (χ2n) is 10.1. The van der Waals surface area contributed by atoms with Crippen LogP contribution < -0.4 is 0 Å². The van der Waals surface area contributed by atoms with Crippen molar-refractivity contribution in [2.24, 2.45) is 5.92 Å². The van der Waals surface area contributed by atoms with Crippen molar-refractivity contribution in [2.75, 3.05) is 6.61 Å². The molecular weight excluding hydrogens is 396 g/mol. The molecule has 0 bridgehead atoms. The van der Waals surface area contributed by atoms with Gasteiger partial charge in [-0.25, -0.2) is 4.98 Å². The van der Waals surface area contributed by atoms with Crippen LogP contribution in [0.25, 0.3) is 21.8 Å². The average Bonchev–Trinajstić information content (AvgIpc) is 3.09. The van der Waals surface area contributed by atoms with E-state index < -0.39 is 5.60 Å². The molecule has 1 heterocycles. The van der Waals surface area contributed by atoms with Gasteiger partial charge in [-0.2, -0.15) is 0 Å². The quantitative estimate of drug-likeness (QED) is 0.416. The molecule has 0 atom stereocenters. The van der Waals surface area contributed by atoms with Crippen LogP contribution in [0.3, 0.4) is 0 Å². The number of imidazole rings is 1. The SMILES string of the molecule is CC(C)Cn1c(CCCC2=CC=C(OC(C)(C)CO)CC2)nc2cc3ccccc3cc21. The van der Waals surface area contributed by atoms with Crippen molar-refractivity contribution in [3.8, 4) is 0 Å². The van der Waals surface area contributed by atoms with E-state index in [0.717, 1.165) is 49.9 Å². The zero-order valence-corrected chi connectivity index (χ0v) is 19.9. The first-order chi connectivity index (χ1) is 15.3. The van der Waals surface area contributed by atoms with E-state index in [1.807, 2.05) is 13.8 Å². The van der Waals surface area contributed by atoms with E-state index in [4.69, 9.17) is 9.72 Å². The van der Waals surface area contributed by atoms with Gasteiger partial charge in [-0.15, -0.1) is 0 Å². The standard InChI is InChI=1S/C28H36N2O2/c1-20(2)18-30-26-17-23-10-6-5-9-22(23)16-25(26)29-27(30)11-7-8-21-12-14-24(15-13-21)32-28(3,4)19-31/h5-6,9-10,12,14,16-17,20,31H,7-8,11,13,15,18-19H2,1-4H3. The fourth-order valence-corrected chi connectivity index (χ4v) is 4.44. The van der Waals surface area contributed by atoms with Crippen molar-refractivity contribution in [1.82, 2.24) is 9.55 Å². The first-order valence-corrected chi connectivity index (χ1v) is 11.9. The highest BCUT2D eigenvalue weighted by atomic mass is 16.5. The van der Waals surface area contributed by atoms with Crippen LogP contribution in [0.1, 0.15) is 59.2 Å². The molecule has 0 amide bonds. The molecule has 4 rings (SSSR count). The molecule has 1 aliphatic rings. The molecule has 4 heteroatoms. The number of aryl methyl sites for hydroxylation is 1. The Hall–Kier alpha value is -2.59. The first-order valence-electron chi connectivity index (χ1n) is 11.9. The maximum atomic E-state index is 9.41. The van der Waals surface area contributed by atoms with Gasteiger partial charge in [0.25, 0.3) is 0 Å². The lowest BCUT2D eigenvalue weighted by atomic mass is 9.98. The fraction of sp³-hybridized carbons (Fsp3) is 0.464. The number of aliphatic hydroxyl groups is 1. The number of ether oxygens (including phenoxy) is 1. The number of fused-ring (bicyclic) bond motifs is 2. The van der Waals surface area contributed by atoms with Gasteiger partial charge in [0.2, 0.25) is 0 Å². The lowest BCUT2D eigenvalue weighted by molar-refractivity contribution is -0.0166. The summed E-state index contributed by atoms with van der Waals surface area (Å²) in [6.07, 6.45) is 9.39. The predicted molar refractivity (Wildman–Crippen MR) is 133 cm³/mol. The van der Waals surface area contributed by atoms with Gasteiger partial charge < -0.3 is 14.4 Å². The number of rotatable bonds is 9. The Morgan fingerprint density at radius 1 is 1.06 bits per heavy atom. The maximum Gasteiger partial charge on any atom is 0.126 e. The molecule has 4 nitrogen and oxygen atoms in total. The monoisotopic (exact) mass is 432 g/mol. The average molecular weight is 433 g/mol. The Bertz CT molecular complexity index is 1150. The van der Waals surface area contributed by atoms with E-state index >= 15 is 0 Å². The van der Waals surface area contributed by atoms with Crippen molar-refractivity contribution < 1.29 is 9.84 Å². The van der Waals surface area contributed by atoms with Crippen LogP contribution in [0.15, 0.2) is 59.9 Å². The van der Waals surface area contributed by atoms with Crippen molar-refractivity contribution in [3.63, 3.8) is 0 Å². The molecule has 1 aromatic heterocycles. The normalized spacial score (nSPS) is 14.8. The molecule has 32 heavy (non-hydrogen) atoms. The van der Waals surface area contributed by atoms with Crippen molar-refractivity contribution in [1.29, 1.82) is 0 Å². The predicted octanol–water partition coefficient (Wildman–Crippen LogP) is 6.56. The summed E-state index contributed by atoms with van der Waals surface area (Å²) in [4.78, 5) is 5.05. The highest BCUT2D eigenvalue weighted by Gasteiger charge is 2.20. The van der Waals surface area contributed by atoms with Gasteiger partial charge in [-0.05, 0) is 68.0 Å². The minimum absolute atomic E-state index is 0.0217. The largest absolute Gasteiger partial charge is 0.490 e. The van der Waals surface area contributed by atoms with Crippen LogP contribution in [-0.2, 0) is 17.7 Å². The summed E-state index contributed by atoms with van der Waals surface area (Å²) >= 11 is 0. The number of nitrogens with zero attached hydrogens (tertiary/aromatic N) is 2. The second-order valence-corrected chi connectivity index (χ2v) is 10.1. The highest BCUT2D eigenvalue weighted by Crippen LogP contribution is 2.28. The number of hydrogen-bond acceptors (Lipinski definition) is 3. The lowest BCUT2D eigenvalue weighted by Gasteiger charge is -2.27. The van der Waals surface area contributed by atoms with Gasteiger partial charge in [-0.3, -0.25) is 0 Å². The van der Waals surface area contributed by atoms with E-state index in [0.29, 0.717) is 5.92 Å². The molecule has 1 aliphatic carbocycles. The molecule has 3 aromatic rings. The number of allylic oxidation sites excluding steroid dienone is 4. The van der Waals surface area contributed by atoms with Crippen molar-refractivity contribution >= 4 is 21.8 Å². The van der Waals surface area contributed by atoms with Crippen LogP contribution in [-0.4, -0.2) is 26.9 Å². The van der Waals surface area contributed by atoms with Gasteiger partial charge >= 0.3 is 0 Å². The zero-order valence-electron chi connectivity index (χ0n) is 19.9. The fourth-order valence-electron chi connectivity index (χ4n) is 4.44. The van der Waals surface area contributed by atoms with E-state index in [1.165, 1.54) is 27.7 Å². The first kappa shape index (κ1) is 22.6. The lowest BCUT2D eigenvalue weighted by Crippen LogP contribution is -2.28. The van der Waals surface area contributed by atoms with Crippen molar-refractivity contribution in [3.05, 3.63) is 65.7 Å². The van der Waals surface area contributed by atoms with Gasteiger partial charge in [0, 0.05) is 19.4 Å². The van der Waals surface area contributed by atoms with E-state index in [9.17, 15) is 5.11 Å².